The summed E-state index contributed by atoms with van der Waals surface area (Å²) < 4.78 is 12.7. The molecule has 0 atom stereocenters. The summed E-state index contributed by atoms with van der Waals surface area (Å²) >= 11 is 0. The molecule has 1 N–H and O–H groups in total. The average Bonchev–Trinajstić information content (AvgIpc) is 3.17. The van der Waals surface area contributed by atoms with E-state index in [1.807, 2.05) is 65.3 Å². The molecule has 0 aliphatic carbocycles. The second-order valence-corrected chi connectivity index (χ2v) is 6.01. The maximum absolute atomic E-state index is 5.49. The van der Waals surface area contributed by atoms with Crippen molar-refractivity contribution >= 4 is 11.5 Å². The molecular weight excluding hydrogens is 340 g/mol. The Hall–Kier alpha value is -3.54. The summed E-state index contributed by atoms with van der Waals surface area (Å²) in [5.41, 5.74) is 3.85. The summed E-state index contributed by atoms with van der Waals surface area (Å²) in [6, 6.07) is 15.8. The SMILES string of the molecule is COc1ccc(CNc2nccn3c(-c4ccccc4OC)cnc23)cc1. The van der Waals surface area contributed by atoms with E-state index in [-0.39, 0.29) is 0 Å². The molecule has 0 spiro atoms. The molecule has 0 saturated heterocycles. The topological polar surface area (TPSA) is 60.7 Å². The number of nitrogens with zero attached hydrogens (tertiary/aromatic N) is 3. The monoisotopic (exact) mass is 360 g/mol. The minimum atomic E-state index is 0.646. The summed E-state index contributed by atoms with van der Waals surface area (Å²) in [6.45, 7) is 0.646. The van der Waals surface area contributed by atoms with Gasteiger partial charge >= 0.3 is 0 Å². The number of fused-ring (bicyclic) bond motifs is 1. The molecule has 136 valence electrons. The van der Waals surface area contributed by atoms with Crippen LogP contribution in [0.2, 0.25) is 0 Å². The lowest BCUT2D eigenvalue weighted by Crippen LogP contribution is -2.04. The predicted molar refractivity (Wildman–Crippen MR) is 105 cm³/mol. The normalized spacial score (nSPS) is 10.7. The first kappa shape index (κ1) is 16.9. The lowest BCUT2D eigenvalue weighted by atomic mass is 10.1. The van der Waals surface area contributed by atoms with E-state index >= 15 is 0 Å². The molecule has 6 nitrogen and oxygen atoms in total. The third-order valence-corrected chi connectivity index (χ3v) is 4.43. The summed E-state index contributed by atoms with van der Waals surface area (Å²) in [5, 5.41) is 3.37. The molecule has 2 aromatic carbocycles. The molecule has 6 heteroatoms. The third kappa shape index (κ3) is 3.29. The van der Waals surface area contributed by atoms with Gasteiger partial charge in [0.05, 0.1) is 26.1 Å². The number of para-hydroxylation sites is 1. The fourth-order valence-corrected chi connectivity index (χ4v) is 3.03. The third-order valence-electron chi connectivity index (χ3n) is 4.43. The molecule has 0 bridgehead atoms. The number of hydrogen-bond acceptors (Lipinski definition) is 5. The van der Waals surface area contributed by atoms with Gasteiger partial charge in [0.1, 0.15) is 11.5 Å². The van der Waals surface area contributed by atoms with Crippen molar-refractivity contribution in [3.63, 3.8) is 0 Å². The molecule has 4 aromatic rings. The Morgan fingerprint density at radius 2 is 1.78 bits per heavy atom. The minimum absolute atomic E-state index is 0.646. The van der Waals surface area contributed by atoms with Crippen LogP contribution in [-0.2, 0) is 6.54 Å². The van der Waals surface area contributed by atoms with Crippen LogP contribution in [0.5, 0.6) is 11.5 Å². The summed E-state index contributed by atoms with van der Waals surface area (Å²) in [5.74, 6) is 2.38. The lowest BCUT2D eigenvalue weighted by molar-refractivity contribution is 0.414. The molecule has 0 aliphatic heterocycles. The quantitative estimate of drug-likeness (QED) is 0.563. The van der Waals surface area contributed by atoms with Gasteiger partial charge in [-0.1, -0.05) is 24.3 Å². The number of aromatic nitrogens is 3. The van der Waals surface area contributed by atoms with Crippen molar-refractivity contribution in [1.29, 1.82) is 0 Å². The van der Waals surface area contributed by atoms with E-state index in [4.69, 9.17) is 9.47 Å². The smallest absolute Gasteiger partial charge is 0.180 e. The number of ether oxygens (including phenoxy) is 2. The van der Waals surface area contributed by atoms with Gasteiger partial charge in [-0.05, 0) is 29.8 Å². The van der Waals surface area contributed by atoms with Crippen LogP contribution in [0.15, 0.2) is 67.1 Å². The fraction of sp³-hybridized carbons (Fsp3) is 0.143. The Balaban J connectivity index is 1.64. The maximum Gasteiger partial charge on any atom is 0.180 e. The standard InChI is InChI=1S/C21H20N4O2/c1-26-16-9-7-15(8-10-16)13-23-20-21-24-14-18(25(21)12-11-22-20)17-5-3-4-6-19(17)27-2/h3-12,14H,13H2,1-2H3,(H,22,23). The lowest BCUT2D eigenvalue weighted by Gasteiger charge is -2.10. The highest BCUT2D eigenvalue weighted by Gasteiger charge is 2.13. The predicted octanol–water partition coefficient (Wildman–Crippen LogP) is 4.03. The van der Waals surface area contributed by atoms with E-state index in [9.17, 15) is 0 Å². The first-order valence-corrected chi connectivity index (χ1v) is 8.62. The van der Waals surface area contributed by atoms with Crippen molar-refractivity contribution in [2.24, 2.45) is 0 Å². The number of nitrogens with one attached hydrogen (secondary N) is 1. The Morgan fingerprint density at radius 3 is 2.56 bits per heavy atom. The Bertz CT molecular complexity index is 1060. The first-order valence-electron chi connectivity index (χ1n) is 8.62. The van der Waals surface area contributed by atoms with Crippen molar-refractivity contribution in [1.82, 2.24) is 14.4 Å². The molecule has 0 amide bonds. The highest BCUT2D eigenvalue weighted by atomic mass is 16.5. The summed E-state index contributed by atoms with van der Waals surface area (Å²) in [4.78, 5) is 9.03. The van der Waals surface area contributed by atoms with Crippen LogP contribution in [0.4, 0.5) is 5.82 Å². The van der Waals surface area contributed by atoms with Crippen molar-refractivity contribution in [3.05, 3.63) is 72.7 Å². The van der Waals surface area contributed by atoms with Crippen molar-refractivity contribution < 1.29 is 9.47 Å². The van der Waals surface area contributed by atoms with Crippen molar-refractivity contribution in [2.45, 2.75) is 6.54 Å². The van der Waals surface area contributed by atoms with Gasteiger partial charge in [0.15, 0.2) is 11.5 Å². The molecule has 4 rings (SSSR count). The molecular formula is C21H20N4O2. The number of benzene rings is 2. The Labute approximate surface area is 157 Å². The van der Waals surface area contributed by atoms with Crippen LogP contribution >= 0.6 is 0 Å². The second-order valence-electron chi connectivity index (χ2n) is 6.01. The fourth-order valence-electron chi connectivity index (χ4n) is 3.03. The van der Waals surface area contributed by atoms with E-state index in [0.29, 0.717) is 6.54 Å². The number of anilines is 1. The first-order chi connectivity index (χ1) is 13.3. The zero-order valence-electron chi connectivity index (χ0n) is 15.2. The zero-order valence-corrected chi connectivity index (χ0v) is 15.2. The molecule has 0 radical (unpaired) electrons. The summed E-state index contributed by atoms with van der Waals surface area (Å²) in [7, 11) is 3.33. The zero-order chi connectivity index (χ0) is 18.6. The minimum Gasteiger partial charge on any atom is -0.497 e. The van der Waals surface area contributed by atoms with Crippen LogP contribution < -0.4 is 14.8 Å². The van der Waals surface area contributed by atoms with Crippen LogP contribution in [0.25, 0.3) is 16.9 Å². The van der Waals surface area contributed by atoms with Crippen molar-refractivity contribution in [2.75, 3.05) is 19.5 Å². The molecule has 0 fully saturated rings. The van der Waals surface area contributed by atoms with Gasteiger partial charge in [0, 0.05) is 24.5 Å². The second kappa shape index (κ2) is 7.37. The largest absolute Gasteiger partial charge is 0.497 e. The van der Waals surface area contributed by atoms with Crippen LogP contribution in [0.1, 0.15) is 5.56 Å². The molecule has 2 aromatic heterocycles. The maximum atomic E-state index is 5.49. The van der Waals surface area contributed by atoms with Gasteiger partial charge in [0.2, 0.25) is 0 Å². The number of methoxy groups -OCH3 is 2. The van der Waals surface area contributed by atoms with E-state index in [1.165, 1.54) is 0 Å². The van der Waals surface area contributed by atoms with E-state index < -0.39 is 0 Å². The van der Waals surface area contributed by atoms with Crippen LogP contribution in [-0.4, -0.2) is 28.6 Å². The van der Waals surface area contributed by atoms with Crippen LogP contribution in [0.3, 0.4) is 0 Å². The Kier molecular flexibility index (Phi) is 4.61. The molecule has 2 heterocycles. The van der Waals surface area contributed by atoms with Crippen molar-refractivity contribution in [3.8, 4) is 22.8 Å². The van der Waals surface area contributed by atoms with Gasteiger partial charge in [-0.25, -0.2) is 9.97 Å². The number of rotatable bonds is 6. The van der Waals surface area contributed by atoms with E-state index in [1.54, 1.807) is 20.4 Å². The summed E-state index contributed by atoms with van der Waals surface area (Å²) in [6.07, 6.45) is 5.51. The molecule has 0 aliphatic rings. The van der Waals surface area contributed by atoms with Gasteiger partial charge in [-0.2, -0.15) is 0 Å². The van der Waals surface area contributed by atoms with Gasteiger partial charge in [0.25, 0.3) is 0 Å². The highest BCUT2D eigenvalue weighted by Crippen LogP contribution is 2.31. The van der Waals surface area contributed by atoms with Gasteiger partial charge < -0.3 is 14.8 Å². The van der Waals surface area contributed by atoms with Gasteiger partial charge in [-0.15, -0.1) is 0 Å². The van der Waals surface area contributed by atoms with Crippen LogP contribution in [0, 0.1) is 0 Å². The number of imidazole rings is 1. The molecule has 0 unspecified atom stereocenters. The average molecular weight is 360 g/mol. The highest BCUT2D eigenvalue weighted by molar-refractivity contribution is 5.73. The van der Waals surface area contributed by atoms with E-state index in [2.05, 4.69) is 15.3 Å². The molecule has 27 heavy (non-hydrogen) atoms. The van der Waals surface area contributed by atoms with E-state index in [0.717, 1.165) is 39.8 Å². The number of hydrogen-bond donors (Lipinski definition) is 1. The Morgan fingerprint density at radius 1 is 0.963 bits per heavy atom. The molecule has 0 saturated carbocycles. The van der Waals surface area contributed by atoms with Gasteiger partial charge in [-0.3, -0.25) is 4.40 Å².